The van der Waals surface area contributed by atoms with Gasteiger partial charge in [0.25, 0.3) is 0 Å². The van der Waals surface area contributed by atoms with Gasteiger partial charge in [0.15, 0.2) is 5.78 Å². The maximum absolute atomic E-state index is 13.4. The summed E-state index contributed by atoms with van der Waals surface area (Å²) in [6.45, 7) is 2.10. The number of benzene rings is 3. The molecule has 2 atom stereocenters. The molecular formula is C25H20Cl2O. The lowest BCUT2D eigenvalue weighted by molar-refractivity contribution is 0.0917. The first-order chi connectivity index (χ1) is 13.5. The number of hydrogen-bond acceptors (Lipinski definition) is 1. The first-order valence-corrected chi connectivity index (χ1v) is 10.1. The van der Waals surface area contributed by atoms with Crippen LogP contribution in [0.5, 0.6) is 0 Å². The third-order valence-corrected chi connectivity index (χ3v) is 5.99. The molecule has 3 aromatic carbocycles. The van der Waals surface area contributed by atoms with Crippen molar-refractivity contribution >= 4 is 34.6 Å². The Kier molecular flexibility index (Phi) is 5.39. The molecule has 0 saturated carbocycles. The number of rotatable bonds is 4. The maximum Gasteiger partial charge on any atom is 0.167 e. The largest absolute Gasteiger partial charge is 0.294 e. The number of aryl methyl sites for hydroxylation is 1. The third kappa shape index (κ3) is 3.78. The fourth-order valence-electron chi connectivity index (χ4n) is 3.99. The minimum Gasteiger partial charge on any atom is -0.294 e. The van der Waals surface area contributed by atoms with Crippen LogP contribution in [0.25, 0.3) is 5.57 Å². The van der Waals surface area contributed by atoms with Crippen LogP contribution in [-0.2, 0) is 0 Å². The van der Waals surface area contributed by atoms with Crippen LogP contribution in [-0.4, -0.2) is 5.78 Å². The molecule has 140 valence electrons. The molecule has 0 heterocycles. The average Bonchev–Trinajstić information content (AvgIpc) is 3.14. The smallest absolute Gasteiger partial charge is 0.167 e. The monoisotopic (exact) mass is 406 g/mol. The first-order valence-electron chi connectivity index (χ1n) is 9.35. The van der Waals surface area contributed by atoms with Crippen molar-refractivity contribution in [3.63, 3.8) is 0 Å². The minimum atomic E-state index is -0.132. The van der Waals surface area contributed by atoms with Gasteiger partial charge in [-0.1, -0.05) is 65.7 Å². The summed E-state index contributed by atoms with van der Waals surface area (Å²) in [5.41, 5.74) is 5.43. The van der Waals surface area contributed by atoms with Crippen molar-refractivity contribution in [2.24, 2.45) is 5.92 Å². The topological polar surface area (TPSA) is 17.1 Å². The van der Waals surface area contributed by atoms with E-state index in [1.54, 1.807) is 12.1 Å². The first kappa shape index (κ1) is 19.0. The van der Waals surface area contributed by atoms with Gasteiger partial charge in [0.1, 0.15) is 0 Å². The van der Waals surface area contributed by atoms with Crippen LogP contribution in [0.15, 0.2) is 78.9 Å². The molecule has 0 amide bonds. The predicted molar refractivity (Wildman–Crippen MR) is 117 cm³/mol. The second kappa shape index (κ2) is 7.95. The van der Waals surface area contributed by atoms with Gasteiger partial charge in [-0.25, -0.2) is 0 Å². The van der Waals surface area contributed by atoms with E-state index in [9.17, 15) is 4.79 Å². The van der Waals surface area contributed by atoms with E-state index in [1.165, 1.54) is 16.7 Å². The van der Waals surface area contributed by atoms with Crippen molar-refractivity contribution in [1.82, 2.24) is 0 Å². The molecular weight excluding hydrogens is 387 g/mol. The molecule has 28 heavy (non-hydrogen) atoms. The molecule has 1 aliphatic rings. The minimum absolute atomic E-state index is 0.0510. The summed E-state index contributed by atoms with van der Waals surface area (Å²) >= 11 is 12.1. The van der Waals surface area contributed by atoms with Gasteiger partial charge in [-0.05, 0) is 72.0 Å². The second-order valence-electron chi connectivity index (χ2n) is 7.26. The van der Waals surface area contributed by atoms with Crippen LogP contribution in [0, 0.1) is 12.8 Å². The van der Waals surface area contributed by atoms with Crippen LogP contribution in [0.2, 0.25) is 10.0 Å². The number of allylic oxidation sites excluding steroid dienone is 2. The van der Waals surface area contributed by atoms with Crippen LogP contribution < -0.4 is 0 Å². The van der Waals surface area contributed by atoms with E-state index in [-0.39, 0.29) is 17.6 Å². The van der Waals surface area contributed by atoms with Gasteiger partial charge in [-0.2, -0.15) is 0 Å². The quantitative estimate of drug-likeness (QED) is 0.413. The van der Waals surface area contributed by atoms with Gasteiger partial charge in [-0.3, -0.25) is 4.79 Å². The number of carbonyl (C=O) groups is 1. The number of carbonyl (C=O) groups excluding carboxylic acids is 1. The average molecular weight is 407 g/mol. The normalized spacial score (nSPS) is 18.8. The summed E-state index contributed by atoms with van der Waals surface area (Å²) in [6.07, 6.45) is 2.96. The summed E-state index contributed by atoms with van der Waals surface area (Å²) < 4.78 is 0. The Bertz CT molecular complexity index is 1030. The molecule has 3 heteroatoms. The lowest BCUT2D eigenvalue weighted by Crippen LogP contribution is -2.19. The van der Waals surface area contributed by atoms with E-state index in [2.05, 4.69) is 25.1 Å². The van der Waals surface area contributed by atoms with E-state index in [4.69, 9.17) is 23.2 Å². The summed E-state index contributed by atoms with van der Waals surface area (Å²) in [7, 11) is 0. The Hall–Kier alpha value is -2.35. The van der Waals surface area contributed by atoms with Gasteiger partial charge >= 0.3 is 0 Å². The summed E-state index contributed by atoms with van der Waals surface area (Å²) in [5.74, 6) is 0.0770. The van der Waals surface area contributed by atoms with Crippen LogP contribution >= 0.6 is 23.2 Å². The van der Waals surface area contributed by atoms with Crippen molar-refractivity contribution in [3.8, 4) is 0 Å². The summed E-state index contributed by atoms with van der Waals surface area (Å²) in [4.78, 5) is 13.4. The number of halogens is 2. The zero-order valence-corrected chi connectivity index (χ0v) is 17.0. The maximum atomic E-state index is 13.4. The Morgan fingerprint density at radius 1 is 0.857 bits per heavy atom. The van der Waals surface area contributed by atoms with Crippen molar-refractivity contribution < 1.29 is 4.79 Å². The van der Waals surface area contributed by atoms with E-state index in [0.717, 1.165) is 5.56 Å². The SMILES string of the molecule is Cc1ccccc1[C@H]1C=C(c2ccc(Cl)cc2)C[C@@H]1C(=O)c1ccc(Cl)cc1. The van der Waals surface area contributed by atoms with Gasteiger partial charge < -0.3 is 0 Å². The molecule has 0 fully saturated rings. The highest BCUT2D eigenvalue weighted by Gasteiger charge is 2.35. The van der Waals surface area contributed by atoms with Gasteiger partial charge in [0.05, 0.1) is 0 Å². The zero-order chi connectivity index (χ0) is 19.7. The zero-order valence-electron chi connectivity index (χ0n) is 15.5. The Balaban J connectivity index is 1.74. The van der Waals surface area contributed by atoms with Gasteiger partial charge in [0.2, 0.25) is 0 Å². The van der Waals surface area contributed by atoms with Gasteiger partial charge in [0, 0.05) is 27.4 Å². The van der Waals surface area contributed by atoms with E-state index in [1.807, 2.05) is 48.5 Å². The van der Waals surface area contributed by atoms with Crippen molar-refractivity contribution in [2.45, 2.75) is 19.3 Å². The Morgan fingerprint density at radius 3 is 2.11 bits per heavy atom. The van der Waals surface area contributed by atoms with Crippen LogP contribution in [0.1, 0.15) is 39.4 Å². The summed E-state index contributed by atoms with van der Waals surface area (Å²) in [6, 6.07) is 23.4. The number of ketones is 1. The molecule has 0 bridgehead atoms. The number of hydrogen-bond donors (Lipinski definition) is 0. The van der Waals surface area contributed by atoms with Gasteiger partial charge in [-0.15, -0.1) is 0 Å². The van der Waals surface area contributed by atoms with Crippen LogP contribution in [0.3, 0.4) is 0 Å². The van der Waals surface area contributed by atoms with Crippen molar-refractivity contribution in [2.75, 3.05) is 0 Å². The highest BCUT2D eigenvalue weighted by Crippen LogP contribution is 2.44. The molecule has 0 saturated heterocycles. The fraction of sp³-hybridized carbons (Fsp3) is 0.160. The predicted octanol–water partition coefficient (Wildman–Crippen LogP) is 7.37. The highest BCUT2D eigenvalue weighted by atomic mass is 35.5. The molecule has 0 aliphatic heterocycles. The lowest BCUT2D eigenvalue weighted by Gasteiger charge is -2.20. The van der Waals surface area contributed by atoms with Crippen molar-refractivity contribution in [3.05, 3.63) is 111 Å². The molecule has 1 nitrogen and oxygen atoms in total. The standard InChI is InChI=1S/C25H20Cl2O/c1-16-4-2-3-5-22(16)23-14-19(17-6-10-20(26)11-7-17)15-24(23)25(28)18-8-12-21(27)13-9-18/h2-14,23-24H,15H2,1H3/t23-,24+/m1/s1. The highest BCUT2D eigenvalue weighted by molar-refractivity contribution is 6.31. The van der Waals surface area contributed by atoms with E-state index >= 15 is 0 Å². The third-order valence-electron chi connectivity index (χ3n) is 5.48. The molecule has 0 N–H and O–H groups in total. The molecule has 0 radical (unpaired) electrons. The number of Topliss-reactive ketones (excluding diaryl/α,β-unsaturated/α-hetero) is 1. The van der Waals surface area contributed by atoms with E-state index in [0.29, 0.717) is 22.0 Å². The fourth-order valence-corrected chi connectivity index (χ4v) is 4.25. The second-order valence-corrected chi connectivity index (χ2v) is 8.14. The lowest BCUT2D eigenvalue weighted by atomic mass is 9.82. The van der Waals surface area contributed by atoms with E-state index < -0.39 is 0 Å². The molecule has 1 aliphatic carbocycles. The molecule has 3 aromatic rings. The van der Waals surface area contributed by atoms with Crippen LogP contribution in [0.4, 0.5) is 0 Å². The molecule has 0 unspecified atom stereocenters. The molecule has 0 aromatic heterocycles. The Morgan fingerprint density at radius 2 is 1.46 bits per heavy atom. The molecule has 4 rings (SSSR count). The summed E-state index contributed by atoms with van der Waals surface area (Å²) in [5, 5.41) is 1.35. The van der Waals surface area contributed by atoms with Crippen molar-refractivity contribution in [1.29, 1.82) is 0 Å². The Labute approximate surface area is 175 Å². The molecule has 0 spiro atoms.